The molecule has 3 rings (SSSR count). The van der Waals surface area contributed by atoms with Crippen LogP contribution in [0.1, 0.15) is 12.5 Å². The van der Waals surface area contributed by atoms with Gasteiger partial charge in [0.25, 0.3) is 0 Å². The van der Waals surface area contributed by atoms with Gasteiger partial charge in [-0.3, -0.25) is 4.98 Å². The first kappa shape index (κ1) is 13.8. The van der Waals surface area contributed by atoms with E-state index in [0.29, 0.717) is 6.61 Å². The van der Waals surface area contributed by atoms with Gasteiger partial charge in [0, 0.05) is 18.9 Å². The Morgan fingerprint density at radius 2 is 2.05 bits per heavy atom. The summed E-state index contributed by atoms with van der Waals surface area (Å²) in [6, 6.07) is 10.1. The van der Waals surface area contributed by atoms with Crippen molar-refractivity contribution in [3.63, 3.8) is 0 Å². The van der Waals surface area contributed by atoms with E-state index < -0.39 is 0 Å². The summed E-state index contributed by atoms with van der Waals surface area (Å²) in [6.07, 6.45) is 4.55. The Hall–Kier alpha value is -2.14. The van der Waals surface area contributed by atoms with E-state index in [9.17, 15) is 0 Å². The summed E-state index contributed by atoms with van der Waals surface area (Å²) < 4.78 is 8.50. The first-order valence-corrected chi connectivity index (χ1v) is 7.43. The van der Waals surface area contributed by atoms with E-state index in [4.69, 9.17) is 17.0 Å². The van der Waals surface area contributed by atoms with Gasteiger partial charge in [-0.2, -0.15) is 0 Å². The van der Waals surface area contributed by atoms with Gasteiger partial charge in [0.15, 0.2) is 4.77 Å². The van der Waals surface area contributed by atoms with Crippen LogP contribution in [0.2, 0.25) is 0 Å². The van der Waals surface area contributed by atoms with Crippen molar-refractivity contribution in [1.82, 2.24) is 14.5 Å². The molecule has 1 aromatic carbocycles. The number of aromatic amines is 1. The Balaban J connectivity index is 1.93. The van der Waals surface area contributed by atoms with Gasteiger partial charge in [-0.25, -0.2) is 0 Å². The van der Waals surface area contributed by atoms with Gasteiger partial charge in [-0.05, 0) is 55.4 Å². The lowest BCUT2D eigenvalue weighted by Crippen LogP contribution is -2.01. The molecular weight excluding hydrogens is 282 g/mol. The van der Waals surface area contributed by atoms with Gasteiger partial charge in [-0.1, -0.05) is 6.07 Å². The van der Waals surface area contributed by atoms with Gasteiger partial charge in [0.2, 0.25) is 0 Å². The molecule has 0 saturated carbocycles. The van der Waals surface area contributed by atoms with Crippen molar-refractivity contribution in [1.29, 1.82) is 0 Å². The van der Waals surface area contributed by atoms with E-state index in [-0.39, 0.29) is 0 Å². The number of rotatable bonds is 5. The second-order valence-electron chi connectivity index (χ2n) is 4.77. The maximum atomic E-state index is 5.65. The summed E-state index contributed by atoms with van der Waals surface area (Å²) in [6.45, 7) is 3.45. The fraction of sp³-hybridized carbons (Fsp3) is 0.250. The lowest BCUT2D eigenvalue weighted by molar-refractivity contribution is 0.343. The number of hydrogen-bond donors (Lipinski definition) is 1. The number of para-hydroxylation sites is 1. The number of pyridine rings is 1. The first-order chi connectivity index (χ1) is 10.3. The molecule has 0 aliphatic carbocycles. The number of nitrogens with zero attached hydrogens (tertiary/aromatic N) is 2. The summed E-state index contributed by atoms with van der Waals surface area (Å²) in [5.41, 5.74) is 3.31. The van der Waals surface area contributed by atoms with Crippen molar-refractivity contribution in [2.45, 2.75) is 19.9 Å². The summed E-state index contributed by atoms with van der Waals surface area (Å²) >= 11 is 5.45. The number of ether oxygens (including phenoxy) is 1. The van der Waals surface area contributed by atoms with Crippen LogP contribution in [0.25, 0.3) is 11.0 Å². The maximum absolute atomic E-state index is 5.65. The fourth-order valence-electron chi connectivity index (χ4n) is 2.44. The molecule has 4 nitrogen and oxygen atoms in total. The molecule has 0 aliphatic heterocycles. The molecule has 5 heteroatoms. The smallest absolute Gasteiger partial charge is 0.178 e. The number of imidazole rings is 1. The third-order valence-corrected chi connectivity index (χ3v) is 3.77. The normalized spacial score (nSPS) is 10.9. The number of hydrogen-bond acceptors (Lipinski definition) is 3. The van der Waals surface area contributed by atoms with Crippen LogP contribution < -0.4 is 4.74 Å². The van der Waals surface area contributed by atoms with Gasteiger partial charge in [-0.15, -0.1) is 0 Å². The predicted octanol–water partition coefficient (Wildman–Crippen LogP) is 3.74. The third kappa shape index (κ3) is 2.83. The number of H-pyrrole nitrogens is 1. The highest BCUT2D eigenvalue weighted by Gasteiger charge is 2.09. The lowest BCUT2D eigenvalue weighted by Gasteiger charge is -2.06. The molecule has 0 saturated heterocycles. The molecule has 0 fully saturated rings. The van der Waals surface area contributed by atoms with E-state index in [1.807, 2.05) is 43.6 Å². The summed E-state index contributed by atoms with van der Waals surface area (Å²) in [7, 11) is 0. The molecule has 2 aromatic heterocycles. The van der Waals surface area contributed by atoms with Crippen molar-refractivity contribution < 1.29 is 4.74 Å². The minimum atomic E-state index is 0.641. The number of aryl methyl sites for hydroxylation is 2. The Kier molecular flexibility index (Phi) is 4.01. The zero-order chi connectivity index (χ0) is 14.7. The van der Waals surface area contributed by atoms with E-state index in [1.165, 1.54) is 5.56 Å². The van der Waals surface area contributed by atoms with Gasteiger partial charge < -0.3 is 14.3 Å². The standard InChI is InChI=1S/C16H17N3OS/c1-2-20-14-5-3-4-13-15(14)18-16(21)19(13)11-8-12-6-9-17-10-7-12/h3-7,9-10H,2,8,11H2,1H3,(H,18,21). The molecule has 3 aromatic rings. The average molecular weight is 299 g/mol. The molecular formula is C16H17N3OS. The lowest BCUT2D eigenvalue weighted by atomic mass is 10.2. The summed E-state index contributed by atoms with van der Waals surface area (Å²) in [4.78, 5) is 7.30. The SMILES string of the molecule is CCOc1cccc2c1[nH]c(=S)n2CCc1ccncc1. The van der Waals surface area contributed by atoms with Crippen LogP contribution in [0.3, 0.4) is 0 Å². The Morgan fingerprint density at radius 1 is 1.24 bits per heavy atom. The highest BCUT2D eigenvalue weighted by molar-refractivity contribution is 7.71. The van der Waals surface area contributed by atoms with Crippen LogP contribution in [0.5, 0.6) is 5.75 Å². The second kappa shape index (κ2) is 6.10. The Labute approximate surface area is 128 Å². The van der Waals surface area contributed by atoms with Crippen LogP contribution in [-0.2, 0) is 13.0 Å². The van der Waals surface area contributed by atoms with Crippen LogP contribution in [0.15, 0.2) is 42.7 Å². The molecule has 2 heterocycles. The zero-order valence-corrected chi connectivity index (χ0v) is 12.7. The van der Waals surface area contributed by atoms with Crippen molar-refractivity contribution in [2.75, 3.05) is 6.61 Å². The van der Waals surface area contributed by atoms with E-state index in [2.05, 4.69) is 20.6 Å². The molecule has 108 valence electrons. The highest BCUT2D eigenvalue weighted by Crippen LogP contribution is 2.25. The number of nitrogens with one attached hydrogen (secondary N) is 1. The Morgan fingerprint density at radius 3 is 2.81 bits per heavy atom. The number of benzene rings is 1. The molecule has 0 radical (unpaired) electrons. The van der Waals surface area contributed by atoms with Gasteiger partial charge in [0.05, 0.1) is 12.1 Å². The quantitative estimate of drug-likeness (QED) is 0.730. The molecule has 0 bridgehead atoms. The largest absolute Gasteiger partial charge is 0.492 e. The van der Waals surface area contributed by atoms with Crippen molar-refractivity contribution in [3.05, 3.63) is 53.1 Å². The molecule has 21 heavy (non-hydrogen) atoms. The minimum Gasteiger partial charge on any atom is -0.492 e. The van der Waals surface area contributed by atoms with Crippen molar-refractivity contribution in [2.24, 2.45) is 0 Å². The predicted molar refractivity (Wildman–Crippen MR) is 86.2 cm³/mol. The second-order valence-corrected chi connectivity index (χ2v) is 5.16. The molecule has 1 N–H and O–H groups in total. The average Bonchev–Trinajstić information content (AvgIpc) is 2.83. The number of aromatic nitrogens is 3. The molecule has 0 unspecified atom stereocenters. The monoisotopic (exact) mass is 299 g/mol. The molecule has 0 spiro atoms. The number of fused-ring (bicyclic) bond motifs is 1. The van der Waals surface area contributed by atoms with Crippen molar-refractivity contribution in [3.8, 4) is 5.75 Å². The van der Waals surface area contributed by atoms with Crippen molar-refractivity contribution >= 4 is 23.3 Å². The Bertz CT molecular complexity index is 792. The van der Waals surface area contributed by atoms with E-state index in [1.54, 1.807) is 0 Å². The third-order valence-electron chi connectivity index (χ3n) is 3.45. The highest BCUT2D eigenvalue weighted by atomic mass is 32.1. The molecule has 0 atom stereocenters. The minimum absolute atomic E-state index is 0.641. The zero-order valence-electron chi connectivity index (χ0n) is 11.9. The maximum Gasteiger partial charge on any atom is 0.178 e. The van der Waals surface area contributed by atoms with Gasteiger partial charge in [0.1, 0.15) is 11.3 Å². The van der Waals surface area contributed by atoms with E-state index in [0.717, 1.165) is 34.5 Å². The molecule has 0 aliphatic rings. The van der Waals surface area contributed by atoms with Crippen LogP contribution >= 0.6 is 12.2 Å². The topological polar surface area (TPSA) is 42.8 Å². The van der Waals surface area contributed by atoms with E-state index >= 15 is 0 Å². The fourth-order valence-corrected chi connectivity index (χ4v) is 2.73. The van der Waals surface area contributed by atoms with Gasteiger partial charge >= 0.3 is 0 Å². The van der Waals surface area contributed by atoms with Crippen LogP contribution in [0.4, 0.5) is 0 Å². The first-order valence-electron chi connectivity index (χ1n) is 7.03. The summed E-state index contributed by atoms with van der Waals surface area (Å²) in [5.74, 6) is 0.851. The molecule has 0 amide bonds. The summed E-state index contributed by atoms with van der Waals surface area (Å²) in [5, 5.41) is 0. The van der Waals surface area contributed by atoms with Crippen LogP contribution in [-0.4, -0.2) is 21.1 Å². The van der Waals surface area contributed by atoms with Crippen LogP contribution in [0, 0.1) is 4.77 Å².